The van der Waals surface area contributed by atoms with Crippen molar-refractivity contribution in [3.63, 3.8) is 0 Å². The summed E-state index contributed by atoms with van der Waals surface area (Å²) >= 11 is 1.52. The van der Waals surface area contributed by atoms with Crippen molar-refractivity contribution < 1.29 is 9.47 Å². The maximum absolute atomic E-state index is 5.99. The van der Waals surface area contributed by atoms with E-state index in [2.05, 4.69) is 10.2 Å². The molecule has 2 aromatic rings. The summed E-state index contributed by atoms with van der Waals surface area (Å²) in [5.74, 6) is 1.48. The fourth-order valence-corrected chi connectivity index (χ4v) is 2.78. The Balaban J connectivity index is 2.31. The molecule has 2 rings (SSSR count). The Morgan fingerprint density at radius 2 is 1.81 bits per heavy atom. The van der Waals surface area contributed by atoms with E-state index in [1.165, 1.54) is 11.3 Å². The molecule has 0 saturated carbocycles. The van der Waals surface area contributed by atoms with Gasteiger partial charge in [0.05, 0.1) is 19.3 Å². The second-order valence-electron chi connectivity index (χ2n) is 4.49. The molecule has 0 bridgehead atoms. The van der Waals surface area contributed by atoms with Gasteiger partial charge in [-0.3, -0.25) is 0 Å². The van der Waals surface area contributed by atoms with Crippen LogP contribution in [0.25, 0.3) is 10.6 Å². The third-order valence-corrected chi connectivity index (χ3v) is 4.09. The van der Waals surface area contributed by atoms with Crippen molar-refractivity contribution in [2.75, 3.05) is 13.2 Å². The Labute approximate surface area is 129 Å². The zero-order valence-electron chi connectivity index (χ0n) is 12.6. The van der Waals surface area contributed by atoms with Gasteiger partial charge in [-0.25, -0.2) is 0 Å². The van der Waals surface area contributed by atoms with Gasteiger partial charge in [0.15, 0.2) is 11.5 Å². The molecule has 0 aliphatic heterocycles. The van der Waals surface area contributed by atoms with Crippen LogP contribution in [0, 0.1) is 0 Å². The first-order valence-electron chi connectivity index (χ1n) is 7.18. The van der Waals surface area contributed by atoms with Crippen LogP contribution in [0.1, 0.15) is 38.2 Å². The molecule has 2 N–H and O–H groups in total. The number of benzene rings is 1. The monoisotopic (exact) mass is 307 g/mol. The molecule has 6 heteroatoms. The predicted molar refractivity (Wildman–Crippen MR) is 84.9 cm³/mol. The van der Waals surface area contributed by atoms with Crippen LogP contribution in [-0.2, 0) is 0 Å². The van der Waals surface area contributed by atoms with Crippen LogP contribution in [-0.4, -0.2) is 23.4 Å². The lowest BCUT2D eigenvalue weighted by Gasteiger charge is -2.11. The summed E-state index contributed by atoms with van der Waals surface area (Å²) in [6, 6.07) is 5.77. The number of hydrogen-bond donors (Lipinski definition) is 1. The average molecular weight is 307 g/mol. The first-order valence-corrected chi connectivity index (χ1v) is 8.00. The van der Waals surface area contributed by atoms with Gasteiger partial charge >= 0.3 is 0 Å². The Morgan fingerprint density at radius 1 is 1.10 bits per heavy atom. The second-order valence-corrected chi connectivity index (χ2v) is 5.50. The normalized spacial score (nSPS) is 12.2. The number of nitrogens with zero attached hydrogens (tertiary/aromatic N) is 2. The van der Waals surface area contributed by atoms with E-state index in [0.717, 1.165) is 33.5 Å². The maximum Gasteiger partial charge on any atom is 0.161 e. The molecule has 0 radical (unpaired) electrons. The van der Waals surface area contributed by atoms with E-state index in [1.54, 1.807) is 0 Å². The van der Waals surface area contributed by atoms with Crippen molar-refractivity contribution in [1.82, 2.24) is 10.2 Å². The number of aromatic nitrogens is 2. The molecule has 1 atom stereocenters. The summed E-state index contributed by atoms with van der Waals surface area (Å²) in [7, 11) is 0. The highest BCUT2D eigenvalue weighted by Gasteiger charge is 2.14. The van der Waals surface area contributed by atoms with Crippen molar-refractivity contribution in [2.45, 2.75) is 33.2 Å². The molecule has 0 spiro atoms. The molecule has 0 amide bonds. The molecule has 0 aliphatic rings. The Bertz CT molecular complexity index is 586. The summed E-state index contributed by atoms with van der Waals surface area (Å²) in [6.07, 6.45) is 0.849. The standard InChI is InChI=1S/C15H21N3O2S/c1-4-11(16)15-18-17-14(21-15)10-7-8-12(19-5-2)13(9-10)20-6-3/h7-9,11H,4-6,16H2,1-3H3. The fourth-order valence-electron chi connectivity index (χ4n) is 1.86. The van der Waals surface area contributed by atoms with E-state index in [1.807, 2.05) is 39.0 Å². The maximum atomic E-state index is 5.99. The number of rotatable bonds is 7. The second kappa shape index (κ2) is 7.38. The van der Waals surface area contributed by atoms with Crippen molar-refractivity contribution >= 4 is 11.3 Å². The molecule has 0 fully saturated rings. The highest BCUT2D eigenvalue weighted by Crippen LogP contribution is 2.34. The van der Waals surface area contributed by atoms with Crippen LogP contribution >= 0.6 is 11.3 Å². The molecule has 5 nitrogen and oxygen atoms in total. The molecule has 21 heavy (non-hydrogen) atoms. The summed E-state index contributed by atoms with van der Waals surface area (Å²) in [5.41, 5.74) is 6.96. The van der Waals surface area contributed by atoms with Crippen LogP contribution < -0.4 is 15.2 Å². The Kier molecular flexibility index (Phi) is 5.52. The summed E-state index contributed by atoms with van der Waals surface area (Å²) < 4.78 is 11.2. The molecule has 1 aromatic carbocycles. The number of ether oxygens (including phenoxy) is 2. The van der Waals surface area contributed by atoms with E-state index in [9.17, 15) is 0 Å². The number of nitrogens with two attached hydrogens (primary N) is 1. The highest BCUT2D eigenvalue weighted by atomic mass is 32.1. The van der Waals surface area contributed by atoms with Crippen molar-refractivity contribution in [1.29, 1.82) is 0 Å². The van der Waals surface area contributed by atoms with E-state index in [0.29, 0.717) is 13.2 Å². The van der Waals surface area contributed by atoms with E-state index < -0.39 is 0 Å². The summed E-state index contributed by atoms with van der Waals surface area (Å²) in [6.45, 7) is 7.13. The van der Waals surface area contributed by atoms with Gasteiger partial charge in [0.25, 0.3) is 0 Å². The molecule has 0 aliphatic carbocycles. The van der Waals surface area contributed by atoms with Gasteiger partial charge in [-0.05, 0) is 38.5 Å². The zero-order valence-corrected chi connectivity index (χ0v) is 13.4. The smallest absolute Gasteiger partial charge is 0.161 e. The van der Waals surface area contributed by atoms with Gasteiger partial charge in [0.2, 0.25) is 0 Å². The lowest BCUT2D eigenvalue weighted by molar-refractivity contribution is 0.288. The summed E-state index contributed by atoms with van der Waals surface area (Å²) in [4.78, 5) is 0. The topological polar surface area (TPSA) is 70.3 Å². The molecular weight excluding hydrogens is 286 g/mol. The largest absolute Gasteiger partial charge is 0.490 e. The Hall–Kier alpha value is -1.66. The molecule has 1 unspecified atom stereocenters. The minimum absolute atomic E-state index is 0.0506. The van der Waals surface area contributed by atoms with E-state index in [4.69, 9.17) is 15.2 Å². The molecule has 1 heterocycles. The van der Waals surface area contributed by atoms with Crippen LogP contribution in [0.5, 0.6) is 11.5 Å². The highest BCUT2D eigenvalue weighted by molar-refractivity contribution is 7.14. The minimum Gasteiger partial charge on any atom is -0.490 e. The van der Waals surface area contributed by atoms with Crippen LogP contribution in [0.15, 0.2) is 18.2 Å². The zero-order chi connectivity index (χ0) is 15.2. The van der Waals surface area contributed by atoms with Crippen molar-refractivity contribution in [3.05, 3.63) is 23.2 Å². The van der Waals surface area contributed by atoms with Crippen LogP contribution in [0.3, 0.4) is 0 Å². The van der Waals surface area contributed by atoms with Gasteiger partial charge < -0.3 is 15.2 Å². The van der Waals surface area contributed by atoms with Gasteiger partial charge in [-0.1, -0.05) is 18.3 Å². The van der Waals surface area contributed by atoms with Crippen molar-refractivity contribution in [2.24, 2.45) is 5.73 Å². The molecule has 0 saturated heterocycles. The van der Waals surface area contributed by atoms with Gasteiger partial charge in [0.1, 0.15) is 10.0 Å². The fraction of sp³-hybridized carbons (Fsp3) is 0.467. The van der Waals surface area contributed by atoms with Crippen molar-refractivity contribution in [3.8, 4) is 22.1 Å². The molecular formula is C15H21N3O2S. The van der Waals surface area contributed by atoms with E-state index in [-0.39, 0.29) is 6.04 Å². The minimum atomic E-state index is -0.0506. The molecule has 1 aromatic heterocycles. The number of hydrogen-bond acceptors (Lipinski definition) is 6. The predicted octanol–water partition coefficient (Wildman–Crippen LogP) is 3.41. The van der Waals surface area contributed by atoms with Gasteiger partial charge in [-0.2, -0.15) is 0 Å². The lowest BCUT2D eigenvalue weighted by Crippen LogP contribution is -2.07. The van der Waals surface area contributed by atoms with Gasteiger partial charge in [0, 0.05) is 5.56 Å². The first kappa shape index (κ1) is 15.7. The average Bonchev–Trinajstić information content (AvgIpc) is 2.98. The Morgan fingerprint density at radius 3 is 2.48 bits per heavy atom. The third kappa shape index (κ3) is 3.71. The quantitative estimate of drug-likeness (QED) is 0.848. The third-order valence-electron chi connectivity index (χ3n) is 2.99. The SMILES string of the molecule is CCOc1ccc(-c2nnc(C(N)CC)s2)cc1OCC. The van der Waals surface area contributed by atoms with Gasteiger partial charge in [-0.15, -0.1) is 10.2 Å². The lowest BCUT2D eigenvalue weighted by atomic mass is 10.2. The first-order chi connectivity index (χ1) is 10.2. The molecule has 114 valence electrons. The van der Waals surface area contributed by atoms with Crippen LogP contribution in [0.2, 0.25) is 0 Å². The summed E-state index contributed by atoms with van der Waals surface area (Å²) in [5, 5.41) is 10.1. The van der Waals surface area contributed by atoms with E-state index >= 15 is 0 Å². The van der Waals surface area contributed by atoms with Crippen LogP contribution in [0.4, 0.5) is 0 Å².